The molecule has 3 rings (SSSR count). The van der Waals surface area contributed by atoms with Crippen LogP contribution >= 0.6 is 0 Å². The molecule has 0 N–H and O–H groups in total. The van der Waals surface area contributed by atoms with Gasteiger partial charge in [0.05, 0.1) is 11.7 Å². The third-order valence-electron chi connectivity index (χ3n) is 6.50. The van der Waals surface area contributed by atoms with Crippen molar-refractivity contribution in [1.82, 2.24) is 0 Å². The average Bonchev–Trinajstić information content (AvgIpc) is 2.70. The van der Waals surface area contributed by atoms with E-state index in [1.165, 1.54) is 0 Å². The van der Waals surface area contributed by atoms with E-state index >= 15 is 0 Å². The number of fused-ring (bicyclic) bond motifs is 1. The van der Waals surface area contributed by atoms with Gasteiger partial charge in [0.1, 0.15) is 6.10 Å². The molecule has 2 aromatic rings. The van der Waals surface area contributed by atoms with E-state index in [2.05, 4.69) is 40.4 Å². The minimum atomic E-state index is -2.02. The van der Waals surface area contributed by atoms with Gasteiger partial charge in [0.15, 0.2) is 8.32 Å². The number of cyclic esters (lactones) is 1. The standard InChI is InChI=1S/C26H34O3Si/c1-19-16-17-20-12-10-11-15-22(20)25(27)28-24(21-13-8-7-9-14-21)18-23(19)29-30(5,6)26(2,3)4/h7-15,23-24H,1,16-18H2,2-6H3/t23-,24-/m1/s1. The van der Waals surface area contributed by atoms with Gasteiger partial charge in [-0.1, -0.05) is 75.9 Å². The van der Waals surface area contributed by atoms with Crippen LogP contribution in [0.4, 0.5) is 0 Å². The lowest BCUT2D eigenvalue weighted by Gasteiger charge is -2.41. The van der Waals surface area contributed by atoms with Gasteiger partial charge in [-0.15, -0.1) is 0 Å². The lowest BCUT2D eigenvalue weighted by molar-refractivity contribution is 0.0180. The maximum absolute atomic E-state index is 13.1. The summed E-state index contributed by atoms with van der Waals surface area (Å²) in [5.41, 5.74) is 3.72. The molecule has 0 unspecified atom stereocenters. The van der Waals surface area contributed by atoms with Gasteiger partial charge in [-0.25, -0.2) is 4.79 Å². The van der Waals surface area contributed by atoms with Crippen LogP contribution in [0.1, 0.15) is 61.2 Å². The van der Waals surface area contributed by atoms with Crippen LogP contribution in [-0.2, 0) is 15.6 Å². The second-order valence-corrected chi connectivity index (χ2v) is 14.5. The summed E-state index contributed by atoms with van der Waals surface area (Å²) in [6.07, 6.45) is 1.62. The largest absolute Gasteiger partial charge is 0.454 e. The van der Waals surface area contributed by atoms with E-state index in [1.54, 1.807) is 0 Å². The molecule has 0 bridgehead atoms. The average molecular weight is 423 g/mol. The Morgan fingerprint density at radius 1 is 1.00 bits per heavy atom. The topological polar surface area (TPSA) is 35.5 Å². The zero-order valence-corrected chi connectivity index (χ0v) is 19.9. The summed E-state index contributed by atoms with van der Waals surface area (Å²) in [4.78, 5) is 13.1. The van der Waals surface area contributed by atoms with Crippen molar-refractivity contribution in [2.24, 2.45) is 0 Å². The number of rotatable bonds is 3. The summed E-state index contributed by atoms with van der Waals surface area (Å²) in [6, 6.07) is 17.7. The van der Waals surface area contributed by atoms with Gasteiger partial charge in [0.2, 0.25) is 0 Å². The first-order chi connectivity index (χ1) is 14.1. The third kappa shape index (κ3) is 5.11. The van der Waals surface area contributed by atoms with Crippen molar-refractivity contribution in [3.63, 3.8) is 0 Å². The van der Waals surface area contributed by atoms with E-state index in [1.807, 2.05) is 54.6 Å². The minimum absolute atomic E-state index is 0.0914. The molecule has 30 heavy (non-hydrogen) atoms. The highest BCUT2D eigenvalue weighted by molar-refractivity contribution is 6.74. The highest BCUT2D eigenvalue weighted by Crippen LogP contribution is 2.40. The quantitative estimate of drug-likeness (QED) is 0.308. The number of esters is 1. The van der Waals surface area contributed by atoms with E-state index in [0.717, 1.165) is 29.5 Å². The zero-order valence-electron chi connectivity index (χ0n) is 18.9. The molecule has 0 spiro atoms. The number of hydrogen-bond donors (Lipinski definition) is 0. The number of hydrogen-bond acceptors (Lipinski definition) is 3. The Hall–Kier alpha value is -2.17. The van der Waals surface area contributed by atoms with Crippen molar-refractivity contribution in [1.29, 1.82) is 0 Å². The van der Waals surface area contributed by atoms with Crippen molar-refractivity contribution < 1.29 is 14.0 Å². The Morgan fingerprint density at radius 3 is 2.30 bits per heavy atom. The van der Waals surface area contributed by atoms with Crippen molar-refractivity contribution in [3.05, 3.63) is 83.4 Å². The number of aryl methyl sites for hydroxylation is 1. The second-order valence-electron chi connectivity index (χ2n) is 9.72. The molecule has 1 aliphatic heterocycles. The predicted octanol–water partition coefficient (Wildman–Crippen LogP) is 6.87. The first-order valence-corrected chi connectivity index (χ1v) is 13.7. The highest BCUT2D eigenvalue weighted by atomic mass is 28.4. The van der Waals surface area contributed by atoms with Crippen molar-refractivity contribution in [3.8, 4) is 0 Å². The maximum atomic E-state index is 13.1. The molecule has 3 nitrogen and oxygen atoms in total. The molecule has 0 fully saturated rings. The maximum Gasteiger partial charge on any atom is 0.339 e. The fourth-order valence-corrected chi connectivity index (χ4v) is 4.86. The van der Waals surface area contributed by atoms with Crippen LogP contribution < -0.4 is 0 Å². The molecule has 2 atom stereocenters. The number of carbonyl (C=O) groups excluding carboxylic acids is 1. The van der Waals surface area contributed by atoms with E-state index < -0.39 is 8.32 Å². The smallest absolute Gasteiger partial charge is 0.339 e. The van der Waals surface area contributed by atoms with Crippen molar-refractivity contribution in [2.45, 2.75) is 70.4 Å². The predicted molar refractivity (Wildman–Crippen MR) is 125 cm³/mol. The Balaban J connectivity index is 1.99. The van der Waals surface area contributed by atoms with E-state index in [9.17, 15) is 4.79 Å². The van der Waals surface area contributed by atoms with Gasteiger partial charge >= 0.3 is 5.97 Å². The lowest BCUT2D eigenvalue weighted by atomic mass is 9.93. The number of ether oxygens (including phenoxy) is 1. The first-order valence-electron chi connectivity index (χ1n) is 10.8. The molecule has 160 valence electrons. The normalized spacial score (nSPS) is 21.0. The molecule has 0 amide bonds. The Labute approximate surface area is 182 Å². The van der Waals surface area contributed by atoms with Gasteiger partial charge in [-0.2, -0.15) is 0 Å². The monoisotopic (exact) mass is 422 g/mol. The van der Waals surface area contributed by atoms with Crippen LogP contribution in [0.5, 0.6) is 0 Å². The number of carbonyl (C=O) groups is 1. The molecule has 0 aromatic heterocycles. The van der Waals surface area contributed by atoms with Crippen molar-refractivity contribution >= 4 is 14.3 Å². The summed E-state index contributed by atoms with van der Waals surface area (Å²) < 4.78 is 12.9. The minimum Gasteiger partial charge on any atom is -0.454 e. The van der Waals surface area contributed by atoms with Crippen LogP contribution in [0.3, 0.4) is 0 Å². The lowest BCUT2D eigenvalue weighted by Crippen LogP contribution is -2.45. The van der Waals surface area contributed by atoms with E-state index in [-0.39, 0.29) is 23.2 Å². The molecule has 4 heteroatoms. The van der Waals surface area contributed by atoms with Gasteiger partial charge in [0.25, 0.3) is 0 Å². The summed E-state index contributed by atoms with van der Waals surface area (Å²) in [5, 5.41) is 0.0914. The fraction of sp³-hybridized carbons (Fsp3) is 0.423. The summed E-state index contributed by atoms with van der Waals surface area (Å²) in [5.74, 6) is -0.266. The fourth-order valence-electron chi connectivity index (χ4n) is 3.53. The van der Waals surface area contributed by atoms with E-state index in [4.69, 9.17) is 9.16 Å². The molecule has 0 saturated heterocycles. The van der Waals surface area contributed by atoms with Gasteiger partial charge in [0, 0.05) is 6.42 Å². The van der Waals surface area contributed by atoms with Crippen LogP contribution in [0.25, 0.3) is 0 Å². The molecule has 1 aliphatic rings. The Kier molecular flexibility index (Phi) is 6.68. The molecule has 1 heterocycles. The molecular weight excluding hydrogens is 388 g/mol. The second kappa shape index (κ2) is 8.91. The van der Waals surface area contributed by atoms with Gasteiger partial charge < -0.3 is 9.16 Å². The summed E-state index contributed by atoms with van der Waals surface area (Å²) >= 11 is 0. The molecular formula is C26H34O3Si. The SMILES string of the molecule is C=C1CCc2ccccc2C(=O)O[C@@H](c2ccccc2)C[C@H]1O[Si](C)(C)C(C)(C)C. The van der Waals surface area contributed by atoms with Crippen LogP contribution in [0.2, 0.25) is 18.1 Å². The molecule has 2 aromatic carbocycles. The number of benzene rings is 2. The third-order valence-corrected chi connectivity index (χ3v) is 11.0. The Bertz CT molecular complexity index is 896. The van der Waals surface area contributed by atoms with Gasteiger partial charge in [-0.3, -0.25) is 0 Å². The zero-order chi connectivity index (χ0) is 21.9. The Morgan fingerprint density at radius 2 is 1.63 bits per heavy atom. The van der Waals surface area contributed by atoms with Gasteiger partial charge in [-0.05, 0) is 53.7 Å². The first kappa shape index (κ1) is 22.5. The van der Waals surface area contributed by atoms with Crippen molar-refractivity contribution in [2.75, 3.05) is 0 Å². The molecule has 0 saturated carbocycles. The summed E-state index contributed by atoms with van der Waals surface area (Å²) in [6.45, 7) is 15.7. The van der Waals surface area contributed by atoms with E-state index in [0.29, 0.717) is 12.0 Å². The highest BCUT2D eigenvalue weighted by Gasteiger charge is 2.40. The molecule has 0 aliphatic carbocycles. The molecule has 0 radical (unpaired) electrons. The van der Waals surface area contributed by atoms with Crippen LogP contribution in [0.15, 0.2) is 66.7 Å². The van der Waals surface area contributed by atoms with Crippen LogP contribution in [0, 0.1) is 0 Å². The summed E-state index contributed by atoms with van der Waals surface area (Å²) in [7, 11) is -2.02. The van der Waals surface area contributed by atoms with Crippen LogP contribution in [-0.4, -0.2) is 20.4 Å².